The van der Waals surface area contributed by atoms with Gasteiger partial charge in [-0.25, -0.2) is 0 Å². The molecule has 0 N–H and O–H groups in total. The van der Waals surface area contributed by atoms with E-state index in [2.05, 4.69) is 0 Å². The molecule has 0 fully saturated rings. The van der Waals surface area contributed by atoms with E-state index >= 15 is 0 Å². The van der Waals surface area contributed by atoms with Gasteiger partial charge in [0.15, 0.2) is 5.78 Å². The van der Waals surface area contributed by atoms with Crippen LogP contribution in [0.5, 0.6) is 5.75 Å². The summed E-state index contributed by atoms with van der Waals surface area (Å²) in [7, 11) is 0. The predicted molar refractivity (Wildman–Crippen MR) is 97.0 cm³/mol. The van der Waals surface area contributed by atoms with Gasteiger partial charge in [-0.1, -0.05) is 78.9 Å². The molecule has 0 aliphatic carbocycles. The number of benzene rings is 3. The van der Waals surface area contributed by atoms with E-state index in [0.717, 1.165) is 16.9 Å². The molecule has 24 heavy (non-hydrogen) atoms. The Bertz CT molecular complexity index is 821. The average molecular weight is 314 g/mol. The highest BCUT2D eigenvalue weighted by Gasteiger charge is 2.03. The highest BCUT2D eigenvalue weighted by Crippen LogP contribution is 2.21. The molecular weight excluding hydrogens is 296 g/mol. The molecule has 3 aromatic carbocycles. The summed E-state index contributed by atoms with van der Waals surface area (Å²) in [5.74, 6) is 0.743. The lowest BCUT2D eigenvalue weighted by Gasteiger charge is -2.09. The maximum absolute atomic E-state index is 12.2. The van der Waals surface area contributed by atoms with Crippen molar-refractivity contribution in [1.29, 1.82) is 0 Å². The second-order valence-corrected chi connectivity index (χ2v) is 5.38. The number of hydrogen-bond acceptors (Lipinski definition) is 2. The monoisotopic (exact) mass is 314 g/mol. The van der Waals surface area contributed by atoms with Crippen LogP contribution >= 0.6 is 0 Å². The van der Waals surface area contributed by atoms with E-state index in [1.165, 1.54) is 0 Å². The van der Waals surface area contributed by atoms with Crippen molar-refractivity contribution in [2.45, 2.75) is 6.61 Å². The molecule has 118 valence electrons. The molecule has 0 unspecified atom stereocenters. The molecule has 0 aromatic heterocycles. The highest BCUT2D eigenvalue weighted by molar-refractivity contribution is 6.06. The lowest BCUT2D eigenvalue weighted by atomic mass is 10.1. The Kier molecular flexibility index (Phi) is 5.21. The summed E-state index contributed by atoms with van der Waals surface area (Å²) in [6, 6.07) is 27.0. The number of allylic oxidation sites excluding steroid dienone is 1. The third-order valence-electron chi connectivity index (χ3n) is 3.63. The average Bonchev–Trinajstić information content (AvgIpc) is 2.66. The third kappa shape index (κ3) is 4.20. The van der Waals surface area contributed by atoms with E-state index in [1.54, 1.807) is 12.2 Å². The van der Waals surface area contributed by atoms with Gasteiger partial charge in [0.1, 0.15) is 12.4 Å². The van der Waals surface area contributed by atoms with Crippen molar-refractivity contribution in [3.8, 4) is 5.75 Å². The Morgan fingerprint density at radius 3 is 2.17 bits per heavy atom. The number of carbonyl (C=O) groups excluding carboxylic acids is 1. The van der Waals surface area contributed by atoms with Crippen LogP contribution in [0.25, 0.3) is 6.08 Å². The predicted octanol–water partition coefficient (Wildman–Crippen LogP) is 5.16. The Balaban J connectivity index is 1.72. The quantitative estimate of drug-likeness (QED) is 0.464. The zero-order valence-corrected chi connectivity index (χ0v) is 13.3. The molecule has 0 saturated heterocycles. The minimum absolute atomic E-state index is 0.0199. The van der Waals surface area contributed by atoms with Gasteiger partial charge in [0.05, 0.1) is 0 Å². The van der Waals surface area contributed by atoms with Crippen LogP contribution in [-0.2, 0) is 6.61 Å². The summed E-state index contributed by atoms with van der Waals surface area (Å²) < 4.78 is 5.90. The van der Waals surface area contributed by atoms with Crippen LogP contribution in [0.15, 0.2) is 91.0 Å². The Labute approximate surface area is 142 Å². The molecule has 0 aliphatic rings. The lowest BCUT2D eigenvalue weighted by molar-refractivity contribution is 0.104. The third-order valence-corrected chi connectivity index (χ3v) is 3.63. The maximum Gasteiger partial charge on any atom is 0.185 e. The first-order valence-electron chi connectivity index (χ1n) is 7.86. The normalized spacial score (nSPS) is 10.7. The molecule has 3 rings (SSSR count). The van der Waals surface area contributed by atoms with Crippen molar-refractivity contribution in [1.82, 2.24) is 0 Å². The standard InChI is InChI=1S/C22H18O2/c23-21(19-11-5-2-6-12-19)16-15-20-13-7-8-14-22(20)24-17-18-9-3-1-4-10-18/h1-16H,17H2/b16-15+. The summed E-state index contributed by atoms with van der Waals surface area (Å²) >= 11 is 0. The number of ketones is 1. The fourth-order valence-corrected chi connectivity index (χ4v) is 2.35. The van der Waals surface area contributed by atoms with E-state index in [0.29, 0.717) is 12.2 Å². The summed E-state index contributed by atoms with van der Waals surface area (Å²) in [4.78, 5) is 12.2. The first-order valence-corrected chi connectivity index (χ1v) is 7.86. The van der Waals surface area contributed by atoms with Gasteiger partial charge in [0.25, 0.3) is 0 Å². The second kappa shape index (κ2) is 7.93. The van der Waals surface area contributed by atoms with Gasteiger partial charge in [-0.15, -0.1) is 0 Å². The van der Waals surface area contributed by atoms with Crippen LogP contribution in [0.4, 0.5) is 0 Å². The molecule has 0 atom stereocenters. The first-order chi connectivity index (χ1) is 11.8. The van der Waals surface area contributed by atoms with Crippen molar-refractivity contribution in [2.24, 2.45) is 0 Å². The number of para-hydroxylation sites is 1. The van der Waals surface area contributed by atoms with Gasteiger partial charge in [0.2, 0.25) is 0 Å². The van der Waals surface area contributed by atoms with Gasteiger partial charge in [-0.2, -0.15) is 0 Å². The highest BCUT2D eigenvalue weighted by atomic mass is 16.5. The number of ether oxygens (including phenoxy) is 1. The molecule has 0 spiro atoms. The summed E-state index contributed by atoms with van der Waals surface area (Å²) in [6.45, 7) is 0.498. The summed E-state index contributed by atoms with van der Waals surface area (Å²) in [5, 5.41) is 0. The summed E-state index contributed by atoms with van der Waals surface area (Å²) in [6.07, 6.45) is 3.38. The molecule has 0 amide bonds. The Hall–Kier alpha value is -3.13. The maximum atomic E-state index is 12.2. The molecule has 0 aliphatic heterocycles. The molecule has 0 saturated carbocycles. The molecular formula is C22H18O2. The van der Waals surface area contributed by atoms with Crippen LogP contribution in [0.3, 0.4) is 0 Å². The second-order valence-electron chi connectivity index (χ2n) is 5.38. The van der Waals surface area contributed by atoms with Crippen molar-refractivity contribution < 1.29 is 9.53 Å². The topological polar surface area (TPSA) is 26.3 Å². The van der Waals surface area contributed by atoms with Gasteiger partial charge < -0.3 is 4.74 Å². The molecule has 0 radical (unpaired) electrons. The minimum atomic E-state index is -0.0199. The van der Waals surface area contributed by atoms with Crippen molar-refractivity contribution in [3.63, 3.8) is 0 Å². The van der Waals surface area contributed by atoms with Crippen LogP contribution < -0.4 is 4.74 Å². The Morgan fingerprint density at radius 2 is 1.42 bits per heavy atom. The van der Waals surface area contributed by atoms with Crippen LogP contribution in [-0.4, -0.2) is 5.78 Å². The van der Waals surface area contributed by atoms with Crippen molar-refractivity contribution in [3.05, 3.63) is 108 Å². The molecule has 2 nitrogen and oxygen atoms in total. The molecule has 0 bridgehead atoms. The fraction of sp³-hybridized carbons (Fsp3) is 0.0455. The SMILES string of the molecule is O=C(/C=C/c1ccccc1OCc1ccccc1)c1ccccc1. The Morgan fingerprint density at radius 1 is 0.792 bits per heavy atom. The van der Waals surface area contributed by atoms with E-state index in [1.807, 2.05) is 84.9 Å². The van der Waals surface area contributed by atoms with Crippen molar-refractivity contribution >= 4 is 11.9 Å². The van der Waals surface area contributed by atoms with E-state index in [4.69, 9.17) is 4.74 Å². The molecule has 2 heteroatoms. The number of hydrogen-bond donors (Lipinski definition) is 0. The molecule has 3 aromatic rings. The smallest absolute Gasteiger partial charge is 0.185 e. The fourth-order valence-electron chi connectivity index (χ4n) is 2.35. The van der Waals surface area contributed by atoms with Gasteiger partial charge >= 0.3 is 0 Å². The van der Waals surface area contributed by atoms with Gasteiger partial charge in [0, 0.05) is 11.1 Å². The number of carbonyl (C=O) groups is 1. The van der Waals surface area contributed by atoms with E-state index in [9.17, 15) is 4.79 Å². The first kappa shape index (κ1) is 15.8. The van der Waals surface area contributed by atoms with Crippen LogP contribution in [0.1, 0.15) is 21.5 Å². The van der Waals surface area contributed by atoms with Crippen molar-refractivity contribution in [2.75, 3.05) is 0 Å². The van der Waals surface area contributed by atoms with Gasteiger partial charge in [-0.05, 0) is 23.8 Å². The number of rotatable bonds is 6. The van der Waals surface area contributed by atoms with Gasteiger partial charge in [-0.3, -0.25) is 4.79 Å². The zero-order chi connectivity index (χ0) is 16.6. The van der Waals surface area contributed by atoms with E-state index < -0.39 is 0 Å². The lowest BCUT2D eigenvalue weighted by Crippen LogP contribution is -1.97. The largest absolute Gasteiger partial charge is 0.488 e. The van der Waals surface area contributed by atoms with Crippen LogP contribution in [0, 0.1) is 0 Å². The van der Waals surface area contributed by atoms with Crippen LogP contribution in [0.2, 0.25) is 0 Å². The van der Waals surface area contributed by atoms with E-state index in [-0.39, 0.29) is 5.78 Å². The molecule has 0 heterocycles. The minimum Gasteiger partial charge on any atom is -0.488 e. The summed E-state index contributed by atoms with van der Waals surface area (Å²) in [5.41, 5.74) is 2.67. The zero-order valence-electron chi connectivity index (χ0n) is 13.3.